The van der Waals surface area contributed by atoms with Crippen molar-refractivity contribution in [2.24, 2.45) is 7.05 Å². The van der Waals surface area contributed by atoms with Gasteiger partial charge in [0.2, 0.25) is 0 Å². The van der Waals surface area contributed by atoms with Gasteiger partial charge in [0.05, 0.1) is 11.4 Å². The molecule has 0 aliphatic carbocycles. The SMILES string of the molecule is Cc1nn(C)c(C)c1-c1csc(-c2ccc(O)cc2)n1. The minimum absolute atomic E-state index is 0.268. The molecule has 0 unspecified atom stereocenters. The van der Waals surface area contributed by atoms with E-state index in [0.29, 0.717) is 0 Å². The molecule has 0 atom stereocenters. The standard InChI is InChI=1S/C15H15N3OS/c1-9-14(10(2)18(3)17-9)13-8-20-15(16-13)11-4-6-12(19)7-5-11/h4-8,19H,1-3H3. The van der Waals surface area contributed by atoms with E-state index in [9.17, 15) is 5.11 Å². The number of rotatable bonds is 2. The maximum absolute atomic E-state index is 9.33. The second kappa shape index (κ2) is 4.76. The normalized spacial score (nSPS) is 10.9. The lowest BCUT2D eigenvalue weighted by atomic mass is 10.1. The Balaban J connectivity index is 2.04. The number of aromatic nitrogens is 3. The lowest BCUT2D eigenvalue weighted by molar-refractivity contribution is 0.475. The molecular weight excluding hydrogens is 270 g/mol. The molecule has 0 amide bonds. The Hall–Kier alpha value is -2.14. The van der Waals surface area contributed by atoms with Gasteiger partial charge in [-0.1, -0.05) is 0 Å². The molecule has 2 aromatic heterocycles. The summed E-state index contributed by atoms with van der Waals surface area (Å²) in [5, 5.41) is 16.8. The first-order chi connectivity index (χ1) is 9.56. The molecule has 1 aromatic carbocycles. The van der Waals surface area contributed by atoms with Gasteiger partial charge in [0, 0.05) is 29.2 Å². The first-order valence-electron chi connectivity index (χ1n) is 6.32. The van der Waals surface area contributed by atoms with Gasteiger partial charge in [0.15, 0.2) is 0 Å². The Labute approximate surface area is 121 Å². The van der Waals surface area contributed by atoms with E-state index in [2.05, 4.69) is 17.4 Å². The van der Waals surface area contributed by atoms with E-state index < -0.39 is 0 Å². The molecule has 0 saturated heterocycles. The predicted octanol–water partition coefficient (Wildman–Crippen LogP) is 3.53. The van der Waals surface area contributed by atoms with Crippen molar-refractivity contribution >= 4 is 11.3 Å². The molecule has 4 nitrogen and oxygen atoms in total. The third kappa shape index (κ3) is 2.10. The highest BCUT2D eigenvalue weighted by Gasteiger charge is 2.15. The van der Waals surface area contributed by atoms with Gasteiger partial charge in [-0.2, -0.15) is 5.10 Å². The van der Waals surface area contributed by atoms with E-state index in [1.165, 1.54) is 0 Å². The topological polar surface area (TPSA) is 50.9 Å². The Kier molecular flexibility index (Phi) is 3.06. The van der Waals surface area contributed by atoms with Crippen LogP contribution in [0.15, 0.2) is 29.6 Å². The zero-order valence-corrected chi connectivity index (χ0v) is 12.4. The largest absolute Gasteiger partial charge is 0.508 e. The Bertz CT molecular complexity index is 756. The van der Waals surface area contributed by atoms with Crippen LogP contribution in [0.4, 0.5) is 0 Å². The van der Waals surface area contributed by atoms with Crippen molar-refractivity contribution in [2.45, 2.75) is 13.8 Å². The number of aryl methyl sites for hydroxylation is 2. The lowest BCUT2D eigenvalue weighted by Gasteiger charge is -1.98. The third-order valence-corrected chi connectivity index (χ3v) is 4.27. The number of phenols is 1. The van der Waals surface area contributed by atoms with Gasteiger partial charge in [-0.3, -0.25) is 4.68 Å². The summed E-state index contributed by atoms with van der Waals surface area (Å²) in [4.78, 5) is 4.70. The van der Waals surface area contributed by atoms with Gasteiger partial charge in [-0.25, -0.2) is 4.98 Å². The molecule has 0 saturated carbocycles. The van der Waals surface area contributed by atoms with Crippen molar-refractivity contribution in [1.29, 1.82) is 0 Å². The number of thiazole rings is 1. The van der Waals surface area contributed by atoms with Crippen molar-refractivity contribution in [3.63, 3.8) is 0 Å². The van der Waals surface area contributed by atoms with Gasteiger partial charge in [0.25, 0.3) is 0 Å². The molecule has 102 valence electrons. The quantitative estimate of drug-likeness (QED) is 0.783. The summed E-state index contributed by atoms with van der Waals surface area (Å²) < 4.78 is 1.88. The van der Waals surface area contributed by atoms with Crippen molar-refractivity contribution < 1.29 is 5.11 Å². The second-order valence-corrected chi connectivity index (χ2v) is 5.61. The molecule has 0 radical (unpaired) electrons. The average Bonchev–Trinajstić information content (AvgIpc) is 2.97. The number of benzene rings is 1. The highest BCUT2D eigenvalue weighted by atomic mass is 32.1. The molecule has 0 aliphatic heterocycles. The highest BCUT2D eigenvalue weighted by Crippen LogP contribution is 2.32. The smallest absolute Gasteiger partial charge is 0.124 e. The summed E-state index contributed by atoms with van der Waals surface area (Å²) in [5.74, 6) is 0.268. The summed E-state index contributed by atoms with van der Waals surface area (Å²) in [6, 6.07) is 7.11. The average molecular weight is 285 g/mol. The summed E-state index contributed by atoms with van der Waals surface area (Å²) >= 11 is 1.60. The Morgan fingerprint density at radius 3 is 2.45 bits per heavy atom. The predicted molar refractivity (Wildman–Crippen MR) is 80.9 cm³/mol. The zero-order valence-electron chi connectivity index (χ0n) is 11.6. The van der Waals surface area contributed by atoms with Crippen LogP contribution in [-0.2, 0) is 7.05 Å². The fourth-order valence-electron chi connectivity index (χ4n) is 2.27. The van der Waals surface area contributed by atoms with Gasteiger partial charge >= 0.3 is 0 Å². The highest BCUT2D eigenvalue weighted by molar-refractivity contribution is 7.13. The van der Waals surface area contributed by atoms with Crippen LogP contribution in [0.3, 0.4) is 0 Å². The molecule has 0 bridgehead atoms. The van der Waals surface area contributed by atoms with Crippen LogP contribution in [0.1, 0.15) is 11.4 Å². The maximum atomic E-state index is 9.33. The molecule has 0 spiro atoms. The Morgan fingerprint density at radius 2 is 1.85 bits per heavy atom. The van der Waals surface area contributed by atoms with Gasteiger partial charge in [0.1, 0.15) is 10.8 Å². The van der Waals surface area contributed by atoms with Gasteiger partial charge in [-0.15, -0.1) is 11.3 Å². The van der Waals surface area contributed by atoms with E-state index >= 15 is 0 Å². The van der Waals surface area contributed by atoms with Crippen LogP contribution in [0.25, 0.3) is 21.8 Å². The van der Waals surface area contributed by atoms with Crippen LogP contribution in [0, 0.1) is 13.8 Å². The monoisotopic (exact) mass is 285 g/mol. The molecule has 3 rings (SSSR count). The van der Waals surface area contributed by atoms with E-state index in [-0.39, 0.29) is 5.75 Å². The van der Waals surface area contributed by atoms with E-state index in [0.717, 1.165) is 33.2 Å². The van der Waals surface area contributed by atoms with Crippen molar-refractivity contribution in [2.75, 3.05) is 0 Å². The molecule has 0 aliphatic rings. The van der Waals surface area contributed by atoms with Crippen LogP contribution < -0.4 is 0 Å². The molecule has 1 N–H and O–H groups in total. The van der Waals surface area contributed by atoms with Gasteiger partial charge in [-0.05, 0) is 38.1 Å². The van der Waals surface area contributed by atoms with Crippen molar-refractivity contribution in [3.05, 3.63) is 41.0 Å². The van der Waals surface area contributed by atoms with E-state index in [1.54, 1.807) is 23.5 Å². The number of nitrogens with zero attached hydrogens (tertiary/aromatic N) is 3. The summed E-state index contributed by atoms with van der Waals surface area (Å²) in [5.41, 5.74) is 5.19. The lowest BCUT2D eigenvalue weighted by Crippen LogP contribution is -1.92. The van der Waals surface area contributed by atoms with E-state index in [1.807, 2.05) is 30.8 Å². The fraction of sp³-hybridized carbons (Fsp3) is 0.200. The number of hydrogen-bond acceptors (Lipinski definition) is 4. The van der Waals surface area contributed by atoms with Crippen LogP contribution in [0.2, 0.25) is 0 Å². The molecule has 5 heteroatoms. The first kappa shape index (κ1) is 12.9. The molecule has 20 heavy (non-hydrogen) atoms. The second-order valence-electron chi connectivity index (χ2n) is 4.75. The Morgan fingerprint density at radius 1 is 1.15 bits per heavy atom. The number of phenolic OH excluding ortho intramolecular Hbond substituents is 1. The van der Waals surface area contributed by atoms with Crippen LogP contribution in [-0.4, -0.2) is 19.9 Å². The molecular formula is C15H15N3OS. The summed E-state index contributed by atoms with van der Waals surface area (Å²) in [7, 11) is 1.94. The minimum Gasteiger partial charge on any atom is -0.508 e. The molecule has 2 heterocycles. The summed E-state index contributed by atoms with van der Waals surface area (Å²) in [6.45, 7) is 4.05. The zero-order chi connectivity index (χ0) is 14.3. The number of hydrogen-bond donors (Lipinski definition) is 1. The molecule has 3 aromatic rings. The van der Waals surface area contributed by atoms with Crippen molar-refractivity contribution in [1.82, 2.24) is 14.8 Å². The maximum Gasteiger partial charge on any atom is 0.124 e. The van der Waals surface area contributed by atoms with Crippen molar-refractivity contribution in [3.8, 4) is 27.6 Å². The number of aromatic hydroxyl groups is 1. The fourth-order valence-corrected chi connectivity index (χ4v) is 3.09. The third-order valence-electron chi connectivity index (χ3n) is 3.38. The molecule has 0 fully saturated rings. The van der Waals surface area contributed by atoms with E-state index in [4.69, 9.17) is 4.98 Å². The summed E-state index contributed by atoms with van der Waals surface area (Å²) in [6.07, 6.45) is 0. The van der Waals surface area contributed by atoms with Crippen LogP contribution in [0.5, 0.6) is 5.75 Å². The first-order valence-corrected chi connectivity index (χ1v) is 7.19. The van der Waals surface area contributed by atoms with Gasteiger partial charge < -0.3 is 5.11 Å². The minimum atomic E-state index is 0.268. The van der Waals surface area contributed by atoms with Crippen LogP contribution >= 0.6 is 11.3 Å².